The molecule has 1 aliphatic rings. The second-order valence-corrected chi connectivity index (χ2v) is 5.92. The van der Waals surface area contributed by atoms with Crippen molar-refractivity contribution in [2.75, 3.05) is 19.8 Å². The Labute approximate surface area is 145 Å². The van der Waals surface area contributed by atoms with Gasteiger partial charge in [0.2, 0.25) is 5.91 Å². The van der Waals surface area contributed by atoms with Crippen LogP contribution < -0.4 is 14.8 Å². The summed E-state index contributed by atoms with van der Waals surface area (Å²) in [6, 6.07) is 11.6. The second kappa shape index (κ2) is 6.84. The maximum atomic E-state index is 12.2. The number of hydrogen-bond acceptors (Lipinski definition) is 4. The quantitative estimate of drug-likeness (QED) is 0.773. The molecule has 6 nitrogen and oxygen atoms in total. The Morgan fingerprint density at radius 2 is 2.04 bits per heavy atom. The van der Waals surface area contributed by atoms with E-state index in [1.165, 1.54) is 0 Å². The van der Waals surface area contributed by atoms with Gasteiger partial charge in [-0.1, -0.05) is 12.1 Å². The van der Waals surface area contributed by atoms with Gasteiger partial charge in [-0.3, -0.25) is 4.79 Å². The largest absolute Gasteiger partial charge is 0.486 e. The summed E-state index contributed by atoms with van der Waals surface area (Å²) in [5.74, 6) is 2.37. The van der Waals surface area contributed by atoms with Crippen LogP contribution in [0.25, 0.3) is 5.52 Å². The molecule has 128 valence electrons. The van der Waals surface area contributed by atoms with Crippen LogP contribution in [0.15, 0.2) is 48.8 Å². The van der Waals surface area contributed by atoms with Crippen molar-refractivity contribution < 1.29 is 14.3 Å². The average Bonchev–Trinajstić information content (AvgIpc) is 3.05. The van der Waals surface area contributed by atoms with Gasteiger partial charge in [-0.25, -0.2) is 4.98 Å². The summed E-state index contributed by atoms with van der Waals surface area (Å²) < 4.78 is 13.1. The molecule has 0 atom stereocenters. The van der Waals surface area contributed by atoms with Gasteiger partial charge in [0.1, 0.15) is 19.0 Å². The SMILES string of the molecule is O=C(Cc1ccc2c(c1)OCCO2)NCCc1ncc2ccccn12. The van der Waals surface area contributed by atoms with Gasteiger partial charge in [0.25, 0.3) is 0 Å². The maximum absolute atomic E-state index is 12.2. The standard InChI is InChI=1S/C19H19N3O3/c23-19(12-14-4-5-16-17(11-14)25-10-9-24-16)20-7-6-18-21-13-15-3-1-2-8-22(15)18/h1-5,8,11,13H,6-7,9-10,12H2,(H,20,23). The normalized spacial score (nSPS) is 13.0. The first-order valence-electron chi connectivity index (χ1n) is 8.36. The second-order valence-electron chi connectivity index (χ2n) is 5.92. The Morgan fingerprint density at radius 3 is 2.96 bits per heavy atom. The van der Waals surface area contributed by atoms with E-state index in [9.17, 15) is 4.79 Å². The number of nitrogens with zero attached hydrogens (tertiary/aromatic N) is 2. The molecule has 3 heterocycles. The van der Waals surface area contributed by atoms with Gasteiger partial charge >= 0.3 is 0 Å². The van der Waals surface area contributed by atoms with E-state index in [4.69, 9.17) is 9.47 Å². The molecule has 0 bridgehead atoms. The molecule has 1 aromatic carbocycles. The fourth-order valence-corrected chi connectivity index (χ4v) is 2.94. The van der Waals surface area contributed by atoms with Gasteiger partial charge in [0.05, 0.1) is 18.1 Å². The van der Waals surface area contributed by atoms with E-state index < -0.39 is 0 Å². The molecular weight excluding hydrogens is 318 g/mol. The molecule has 6 heteroatoms. The Hall–Kier alpha value is -3.02. The summed E-state index contributed by atoms with van der Waals surface area (Å²) in [7, 11) is 0. The third-order valence-corrected chi connectivity index (χ3v) is 4.16. The first-order chi connectivity index (χ1) is 12.3. The van der Waals surface area contributed by atoms with E-state index >= 15 is 0 Å². The molecule has 4 rings (SSSR count). The van der Waals surface area contributed by atoms with Gasteiger partial charge in [-0.15, -0.1) is 0 Å². The first kappa shape index (κ1) is 15.5. The van der Waals surface area contributed by atoms with E-state index in [0.717, 1.165) is 22.7 Å². The Kier molecular flexibility index (Phi) is 4.24. The summed E-state index contributed by atoms with van der Waals surface area (Å²) in [5, 5.41) is 2.95. The van der Waals surface area contributed by atoms with Crippen molar-refractivity contribution >= 4 is 11.4 Å². The smallest absolute Gasteiger partial charge is 0.224 e. The van der Waals surface area contributed by atoms with Crippen LogP contribution in [0.3, 0.4) is 0 Å². The van der Waals surface area contributed by atoms with E-state index in [1.54, 1.807) is 0 Å². The monoisotopic (exact) mass is 337 g/mol. The molecule has 1 N–H and O–H groups in total. The van der Waals surface area contributed by atoms with Gasteiger partial charge in [0.15, 0.2) is 11.5 Å². The molecule has 0 unspecified atom stereocenters. The minimum Gasteiger partial charge on any atom is -0.486 e. The van der Waals surface area contributed by atoms with Gasteiger partial charge in [0, 0.05) is 19.2 Å². The number of imidazole rings is 1. The molecule has 2 aromatic heterocycles. The number of amides is 1. The number of hydrogen-bond donors (Lipinski definition) is 1. The van der Waals surface area contributed by atoms with Crippen LogP contribution in [-0.2, 0) is 17.6 Å². The molecule has 25 heavy (non-hydrogen) atoms. The first-order valence-corrected chi connectivity index (χ1v) is 8.36. The number of carbonyl (C=O) groups is 1. The van der Waals surface area contributed by atoms with Crippen LogP contribution in [0.1, 0.15) is 11.4 Å². The fraction of sp³-hybridized carbons (Fsp3) is 0.263. The van der Waals surface area contributed by atoms with Crippen molar-refractivity contribution in [2.45, 2.75) is 12.8 Å². The number of carbonyl (C=O) groups excluding carboxylic acids is 1. The zero-order valence-corrected chi connectivity index (χ0v) is 13.8. The highest BCUT2D eigenvalue weighted by molar-refractivity contribution is 5.78. The topological polar surface area (TPSA) is 64.9 Å². The number of pyridine rings is 1. The lowest BCUT2D eigenvalue weighted by Crippen LogP contribution is -2.27. The van der Waals surface area contributed by atoms with Crippen molar-refractivity contribution in [3.63, 3.8) is 0 Å². The predicted molar refractivity (Wildman–Crippen MR) is 93.0 cm³/mol. The molecule has 3 aromatic rings. The minimum atomic E-state index is -0.0162. The number of aromatic nitrogens is 2. The highest BCUT2D eigenvalue weighted by Crippen LogP contribution is 2.30. The van der Waals surface area contributed by atoms with Crippen LogP contribution in [-0.4, -0.2) is 35.1 Å². The van der Waals surface area contributed by atoms with Crippen molar-refractivity contribution in [3.05, 3.63) is 60.2 Å². The van der Waals surface area contributed by atoms with Gasteiger partial charge in [-0.2, -0.15) is 0 Å². The molecule has 0 spiro atoms. The lowest BCUT2D eigenvalue weighted by Gasteiger charge is -2.18. The van der Waals surface area contributed by atoms with Crippen LogP contribution in [0.5, 0.6) is 11.5 Å². The Balaban J connectivity index is 1.32. The Morgan fingerprint density at radius 1 is 1.16 bits per heavy atom. The minimum absolute atomic E-state index is 0.0162. The van der Waals surface area contributed by atoms with Crippen LogP contribution >= 0.6 is 0 Å². The number of nitrogens with one attached hydrogen (secondary N) is 1. The van der Waals surface area contributed by atoms with E-state index in [2.05, 4.69) is 10.3 Å². The van der Waals surface area contributed by atoms with E-state index in [1.807, 2.05) is 53.2 Å². The van der Waals surface area contributed by atoms with E-state index in [-0.39, 0.29) is 5.91 Å². The fourth-order valence-electron chi connectivity index (χ4n) is 2.94. The molecule has 1 aliphatic heterocycles. The predicted octanol–water partition coefficient (Wildman–Crippen LogP) is 2.01. The molecule has 0 radical (unpaired) electrons. The number of fused-ring (bicyclic) bond motifs is 2. The number of rotatable bonds is 5. The maximum Gasteiger partial charge on any atom is 0.224 e. The van der Waals surface area contributed by atoms with Crippen molar-refractivity contribution in [1.29, 1.82) is 0 Å². The zero-order chi connectivity index (χ0) is 17.1. The summed E-state index contributed by atoms with van der Waals surface area (Å²) >= 11 is 0. The lowest BCUT2D eigenvalue weighted by atomic mass is 10.1. The van der Waals surface area contributed by atoms with Gasteiger partial charge in [-0.05, 0) is 29.8 Å². The highest BCUT2D eigenvalue weighted by atomic mass is 16.6. The zero-order valence-electron chi connectivity index (χ0n) is 13.8. The third kappa shape index (κ3) is 3.42. The molecule has 0 aliphatic carbocycles. The summed E-state index contributed by atoms with van der Waals surface area (Å²) in [6.07, 6.45) is 4.82. The molecule has 0 fully saturated rings. The van der Waals surface area contributed by atoms with Gasteiger partial charge < -0.3 is 19.2 Å². The Bertz CT molecular complexity index is 904. The highest BCUT2D eigenvalue weighted by Gasteiger charge is 2.13. The molecular formula is C19H19N3O3. The number of ether oxygens (including phenoxy) is 2. The van der Waals surface area contributed by atoms with Crippen LogP contribution in [0.2, 0.25) is 0 Å². The average molecular weight is 337 g/mol. The van der Waals surface area contributed by atoms with Crippen LogP contribution in [0.4, 0.5) is 0 Å². The summed E-state index contributed by atoms with van der Waals surface area (Å²) in [6.45, 7) is 1.66. The molecule has 1 amide bonds. The van der Waals surface area contributed by atoms with Crippen molar-refractivity contribution in [3.8, 4) is 11.5 Å². The number of benzene rings is 1. The summed E-state index contributed by atoms with van der Waals surface area (Å²) in [5.41, 5.74) is 1.97. The van der Waals surface area contributed by atoms with Crippen molar-refractivity contribution in [1.82, 2.24) is 14.7 Å². The third-order valence-electron chi connectivity index (χ3n) is 4.16. The van der Waals surface area contributed by atoms with Crippen LogP contribution in [0, 0.1) is 0 Å². The summed E-state index contributed by atoms with van der Waals surface area (Å²) in [4.78, 5) is 16.6. The lowest BCUT2D eigenvalue weighted by molar-refractivity contribution is -0.120. The van der Waals surface area contributed by atoms with Crippen molar-refractivity contribution in [2.24, 2.45) is 0 Å². The van der Waals surface area contributed by atoms with E-state index in [0.29, 0.717) is 38.3 Å². The molecule has 0 saturated carbocycles. The molecule has 0 saturated heterocycles.